The van der Waals surface area contributed by atoms with Gasteiger partial charge in [-0.3, -0.25) is 4.79 Å². The van der Waals surface area contributed by atoms with Crippen LogP contribution in [0.2, 0.25) is 0 Å². The van der Waals surface area contributed by atoms with Crippen LogP contribution in [0, 0.1) is 0 Å². The molecule has 1 amide bonds. The van der Waals surface area contributed by atoms with Gasteiger partial charge in [0.05, 0.1) is 19.7 Å². The number of hydrazone groups is 1. The second kappa shape index (κ2) is 7.21. The molecular weight excluding hydrogens is 340 g/mol. The molecule has 0 bridgehead atoms. The van der Waals surface area contributed by atoms with E-state index >= 15 is 0 Å². The van der Waals surface area contributed by atoms with Crippen LogP contribution in [0.5, 0.6) is 5.75 Å². The molecular formula is C14H13BrN2O2S. The number of nitrogens with one attached hydrogen (secondary N) is 1. The molecule has 0 fully saturated rings. The summed E-state index contributed by atoms with van der Waals surface area (Å²) in [5, 5.41) is 5.89. The Bertz CT molecular complexity index is 612. The number of hydrogen-bond acceptors (Lipinski definition) is 4. The summed E-state index contributed by atoms with van der Waals surface area (Å²) in [6.07, 6.45) is 1.90. The Morgan fingerprint density at radius 1 is 1.50 bits per heavy atom. The van der Waals surface area contributed by atoms with Crippen molar-refractivity contribution in [1.82, 2.24) is 5.43 Å². The summed E-state index contributed by atoms with van der Waals surface area (Å²) >= 11 is 4.93. The van der Waals surface area contributed by atoms with Gasteiger partial charge in [-0.15, -0.1) is 11.3 Å². The van der Waals surface area contributed by atoms with Crippen LogP contribution >= 0.6 is 27.3 Å². The molecule has 0 saturated heterocycles. The minimum Gasteiger partial charge on any atom is -0.496 e. The molecule has 2 rings (SSSR count). The first-order chi connectivity index (χ1) is 9.69. The number of amides is 1. The molecule has 2 aromatic rings. The standard InChI is InChI=1S/C14H13BrN2O2S/c1-19-13-5-4-11(15)7-10(13)9-16-17-14(18)8-12-3-2-6-20-12/h2-7,9H,8H2,1H3,(H,17,18)/b16-9-. The average Bonchev–Trinajstić information content (AvgIpc) is 2.92. The second-order valence-corrected chi connectivity index (χ2v) is 5.88. The molecule has 1 N–H and O–H groups in total. The Morgan fingerprint density at radius 3 is 3.05 bits per heavy atom. The molecule has 1 heterocycles. The lowest BCUT2D eigenvalue weighted by Gasteiger charge is -2.04. The summed E-state index contributed by atoms with van der Waals surface area (Å²) < 4.78 is 6.14. The molecule has 0 spiro atoms. The molecule has 6 heteroatoms. The smallest absolute Gasteiger partial charge is 0.245 e. The van der Waals surface area contributed by atoms with E-state index in [1.54, 1.807) is 24.7 Å². The van der Waals surface area contributed by atoms with Crippen molar-refractivity contribution in [3.63, 3.8) is 0 Å². The first kappa shape index (κ1) is 14.7. The number of ether oxygens (including phenoxy) is 1. The summed E-state index contributed by atoms with van der Waals surface area (Å²) in [4.78, 5) is 12.7. The zero-order valence-electron chi connectivity index (χ0n) is 10.8. The SMILES string of the molecule is COc1ccc(Br)cc1/C=N\NC(=O)Cc1cccs1. The van der Waals surface area contributed by atoms with Gasteiger partial charge in [0.25, 0.3) is 0 Å². The van der Waals surface area contributed by atoms with Crippen LogP contribution in [0.15, 0.2) is 45.3 Å². The van der Waals surface area contributed by atoms with Crippen molar-refractivity contribution in [2.45, 2.75) is 6.42 Å². The normalized spacial score (nSPS) is 10.7. The topological polar surface area (TPSA) is 50.7 Å². The average molecular weight is 353 g/mol. The highest BCUT2D eigenvalue weighted by Crippen LogP contribution is 2.21. The van der Waals surface area contributed by atoms with Gasteiger partial charge < -0.3 is 4.74 Å². The Hall–Kier alpha value is -1.66. The van der Waals surface area contributed by atoms with E-state index in [-0.39, 0.29) is 5.91 Å². The van der Waals surface area contributed by atoms with Gasteiger partial charge in [-0.05, 0) is 29.6 Å². The predicted molar refractivity (Wildman–Crippen MR) is 84.5 cm³/mol. The van der Waals surface area contributed by atoms with E-state index in [1.807, 2.05) is 35.7 Å². The summed E-state index contributed by atoms with van der Waals surface area (Å²) in [6, 6.07) is 9.42. The highest BCUT2D eigenvalue weighted by molar-refractivity contribution is 9.10. The third kappa shape index (κ3) is 4.18. The fourth-order valence-corrected chi connectivity index (χ4v) is 2.67. The largest absolute Gasteiger partial charge is 0.496 e. The highest BCUT2D eigenvalue weighted by atomic mass is 79.9. The fraction of sp³-hybridized carbons (Fsp3) is 0.143. The predicted octanol–water partition coefficient (Wildman–Crippen LogP) is 3.21. The van der Waals surface area contributed by atoms with Crippen molar-refractivity contribution >= 4 is 39.4 Å². The summed E-state index contributed by atoms with van der Waals surface area (Å²) in [5.74, 6) is 0.558. The Labute approximate surface area is 129 Å². The van der Waals surface area contributed by atoms with Crippen molar-refractivity contribution in [1.29, 1.82) is 0 Å². The summed E-state index contributed by atoms with van der Waals surface area (Å²) in [5.41, 5.74) is 3.30. The number of hydrogen-bond donors (Lipinski definition) is 1. The van der Waals surface area contributed by atoms with E-state index in [2.05, 4.69) is 26.5 Å². The van der Waals surface area contributed by atoms with Gasteiger partial charge >= 0.3 is 0 Å². The highest BCUT2D eigenvalue weighted by Gasteiger charge is 2.03. The number of benzene rings is 1. The van der Waals surface area contributed by atoms with Crippen LogP contribution in [0.4, 0.5) is 0 Å². The van der Waals surface area contributed by atoms with Gasteiger partial charge in [-0.2, -0.15) is 5.10 Å². The minimum atomic E-state index is -0.141. The molecule has 0 aliphatic carbocycles. The minimum absolute atomic E-state index is 0.141. The van der Waals surface area contributed by atoms with Crippen LogP contribution in [-0.2, 0) is 11.2 Å². The first-order valence-corrected chi connectivity index (χ1v) is 7.54. The molecule has 1 aromatic heterocycles. The van der Waals surface area contributed by atoms with E-state index in [0.29, 0.717) is 12.2 Å². The van der Waals surface area contributed by atoms with Crippen LogP contribution in [0.1, 0.15) is 10.4 Å². The van der Waals surface area contributed by atoms with Gasteiger partial charge in [0.1, 0.15) is 5.75 Å². The van der Waals surface area contributed by atoms with E-state index in [0.717, 1.165) is 14.9 Å². The molecule has 0 aliphatic heterocycles. The Balaban J connectivity index is 1.96. The van der Waals surface area contributed by atoms with E-state index in [9.17, 15) is 4.79 Å². The number of rotatable bonds is 5. The van der Waals surface area contributed by atoms with Crippen LogP contribution in [0.3, 0.4) is 0 Å². The maximum atomic E-state index is 11.7. The van der Waals surface area contributed by atoms with E-state index in [1.165, 1.54) is 0 Å². The van der Waals surface area contributed by atoms with Crippen molar-refractivity contribution < 1.29 is 9.53 Å². The molecule has 0 aliphatic rings. The molecule has 4 nitrogen and oxygen atoms in total. The lowest BCUT2D eigenvalue weighted by molar-refractivity contribution is -0.120. The van der Waals surface area contributed by atoms with Crippen molar-refractivity contribution in [2.24, 2.45) is 5.10 Å². The zero-order valence-corrected chi connectivity index (χ0v) is 13.2. The monoisotopic (exact) mass is 352 g/mol. The number of carbonyl (C=O) groups is 1. The van der Waals surface area contributed by atoms with Gasteiger partial charge in [-0.25, -0.2) is 5.43 Å². The quantitative estimate of drug-likeness (QED) is 0.663. The van der Waals surface area contributed by atoms with Crippen LogP contribution < -0.4 is 10.2 Å². The van der Waals surface area contributed by atoms with Crippen molar-refractivity contribution in [2.75, 3.05) is 7.11 Å². The van der Waals surface area contributed by atoms with Gasteiger partial charge in [0.2, 0.25) is 5.91 Å². The molecule has 0 unspecified atom stereocenters. The first-order valence-electron chi connectivity index (χ1n) is 5.87. The number of halogens is 1. The number of carbonyl (C=O) groups excluding carboxylic acids is 1. The molecule has 0 radical (unpaired) electrons. The number of thiophene rings is 1. The van der Waals surface area contributed by atoms with Gasteiger partial charge in [-0.1, -0.05) is 22.0 Å². The zero-order chi connectivity index (χ0) is 14.4. The van der Waals surface area contributed by atoms with Gasteiger partial charge in [0.15, 0.2) is 0 Å². The third-order valence-corrected chi connectivity index (χ3v) is 3.87. The lowest BCUT2D eigenvalue weighted by Crippen LogP contribution is -2.19. The van der Waals surface area contributed by atoms with Crippen LogP contribution in [0.25, 0.3) is 0 Å². The number of methoxy groups -OCH3 is 1. The Kier molecular flexibility index (Phi) is 5.31. The Morgan fingerprint density at radius 2 is 2.35 bits per heavy atom. The molecule has 1 aromatic carbocycles. The lowest BCUT2D eigenvalue weighted by atomic mass is 10.2. The summed E-state index contributed by atoms with van der Waals surface area (Å²) in [7, 11) is 1.59. The maximum absolute atomic E-state index is 11.7. The fourth-order valence-electron chi connectivity index (χ4n) is 1.59. The van der Waals surface area contributed by atoms with Gasteiger partial charge in [0, 0.05) is 14.9 Å². The molecule has 20 heavy (non-hydrogen) atoms. The molecule has 0 atom stereocenters. The van der Waals surface area contributed by atoms with Crippen molar-refractivity contribution in [3.8, 4) is 5.75 Å². The maximum Gasteiger partial charge on any atom is 0.245 e. The van der Waals surface area contributed by atoms with Crippen molar-refractivity contribution in [3.05, 3.63) is 50.6 Å². The summed E-state index contributed by atoms with van der Waals surface area (Å²) in [6.45, 7) is 0. The second-order valence-electron chi connectivity index (χ2n) is 3.94. The molecule has 104 valence electrons. The third-order valence-electron chi connectivity index (χ3n) is 2.50. The molecule has 0 saturated carbocycles. The van der Waals surface area contributed by atoms with Crippen LogP contribution in [-0.4, -0.2) is 19.2 Å². The van der Waals surface area contributed by atoms with E-state index < -0.39 is 0 Å². The van der Waals surface area contributed by atoms with E-state index in [4.69, 9.17) is 4.74 Å². The number of nitrogens with zero attached hydrogens (tertiary/aromatic N) is 1.